The van der Waals surface area contributed by atoms with Crippen molar-refractivity contribution in [3.05, 3.63) is 51.5 Å². The molecule has 4 nitrogen and oxygen atoms in total. The number of fused-ring (bicyclic) bond motifs is 2. The number of aliphatic hydroxyl groups is 1. The van der Waals surface area contributed by atoms with Gasteiger partial charge >= 0.3 is 0 Å². The molecule has 2 bridgehead atoms. The fourth-order valence-electron chi connectivity index (χ4n) is 5.52. The standard InChI is InChI=1S/C21H25Cl2N3O/c1-19(2)14-9-17(19)20(3,4)21(27,10-18-24-11-25-26-18)15(14)7-12-5-6-13(22)8-16(12)23/h5-8,11,14,17,27H,9-10H2,1-4H3,(H,24,25,26). The van der Waals surface area contributed by atoms with Gasteiger partial charge in [0.15, 0.2) is 0 Å². The summed E-state index contributed by atoms with van der Waals surface area (Å²) in [6.07, 6.45) is 5.03. The zero-order chi connectivity index (χ0) is 19.6. The van der Waals surface area contributed by atoms with Crippen LogP contribution in [0, 0.1) is 22.7 Å². The maximum absolute atomic E-state index is 12.0. The number of hydrogen-bond acceptors (Lipinski definition) is 3. The SMILES string of the molecule is CC1(C)C2CC1C(C)(C)C(O)(Cc1ncn[nH]1)C2=Cc1ccc(Cl)cc1Cl. The molecule has 2 N–H and O–H groups in total. The van der Waals surface area contributed by atoms with Crippen LogP contribution in [0.2, 0.25) is 10.0 Å². The van der Waals surface area contributed by atoms with E-state index in [4.69, 9.17) is 23.2 Å². The molecule has 27 heavy (non-hydrogen) atoms. The third-order valence-corrected chi connectivity index (χ3v) is 7.78. The van der Waals surface area contributed by atoms with Gasteiger partial charge in [0.25, 0.3) is 0 Å². The number of aromatic amines is 1. The summed E-state index contributed by atoms with van der Waals surface area (Å²) in [6.45, 7) is 8.95. The maximum atomic E-state index is 12.0. The summed E-state index contributed by atoms with van der Waals surface area (Å²) in [5.41, 5.74) is 0.688. The zero-order valence-electron chi connectivity index (χ0n) is 16.1. The predicted molar refractivity (Wildman–Crippen MR) is 109 cm³/mol. The van der Waals surface area contributed by atoms with Crippen LogP contribution in [-0.2, 0) is 6.42 Å². The average Bonchev–Trinajstić information content (AvgIpc) is 3.06. The molecule has 3 aliphatic carbocycles. The first-order chi connectivity index (χ1) is 12.6. The van der Waals surface area contributed by atoms with E-state index in [1.807, 2.05) is 12.1 Å². The van der Waals surface area contributed by atoms with Crippen LogP contribution in [0.25, 0.3) is 6.08 Å². The number of hydrogen-bond donors (Lipinski definition) is 2. The molecule has 0 saturated heterocycles. The maximum Gasteiger partial charge on any atom is 0.137 e. The van der Waals surface area contributed by atoms with Crippen molar-refractivity contribution in [3.8, 4) is 0 Å². The van der Waals surface area contributed by atoms with Gasteiger partial charge in [-0.25, -0.2) is 4.98 Å². The van der Waals surface area contributed by atoms with Crippen LogP contribution in [0.5, 0.6) is 0 Å². The van der Waals surface area contributed by atoms with Crippen molar-refractivity contribution in [2.75, 3.05) is 0 Å². The molecule has 0 spiro atoms. The van der Waals surface area contributed by atoms with E-state index < -0.39 is 5.60 Å². The lowest BCUT2D eigenvalue weighted by Gasteiger charge is -2.70. The van der Waals surface area contributed by atoms with Gasteiger partial charge in [0.2, 0.25) is 0 Å². The Bertz CT molecular complexity index is 904. The molecule has 0 radical (unpaired) electrons. The van der Waals surface area contributed by atoms with E-state index in [9.17, 15) is 5.11 Å². The Balaban J connectivity index is 1.87. The molecular weight excluding hydrogens is 381 g/mol. The lowest BCUT2D eigenvalue weighted by Crippen LogP contribution is -2.69. The summed E-state index contributed by atoms with van der Waals surface area (Å²) in [4.78, 5) is 4.27. The minimum absolute atomic E-state index is 0.127. The van der Waals surface area contributed by atoms with Crippen LogP contribution in [0.15, 0.2) is 30.1 Å². The van der Waals surface area contributed by atoms with Crippen molar-refractivity contribution in [1.29, 1.82) is 0 Å². The van der Waals surface area contributed by atoms with Crippen molar-refractivity contribution in [2.45, 2.75) is 46.1 Å². The molecule has 3 saturated carbocycles. The van der Waals surface area contributed by atoms with E-state index >= 15 is 0 Å². The molecule has 2 aromatic rings. The molecule has 3 unspecified atom stereocenters. The Morgan fingerprint density at radius 2 is 2.00 bits per heavy atom. The topological polar surface area (TPSA) is 61.8 Å². The van der Waals surface area contributed by atoms with Crippen molar-refractivity contribution in [1.82, 2.24) is 15.2 Å². The van der Waals surface area contributed by atoms with Crippen LogP contribution >= 0.6 is 23.2 Å². The monoisotopic (exact) mass is 405 g/mol. The lowest BCUT2D eigenvalue weighted by atomic mass is 9.35. The molecule has 1 aromatic heterocycles. The van der Waals surface area contributed by atoms with Gasteiger partial charge in [-0.3, -0.25) is 5.10 Å². The summed E-state index contributed by atoms with van der Waals surface area (Å²) in [5.74, 6) is 1.42. The lowest BCUT2D eigenvalue weighted by molar-refractivity contribution is -0.209. The normalized spacial score (nSPS) is 32.3. The molecule has 6 heteroatoms. The molecule has 3 aliphatic rings. The first-order valence-corrected chi connectivity index (χ1v) is 10.1. The first-order valence-electron chi connectivity index (χ1n) is 9.31. The number of nitrogens with one attached hydrogen (secondary N) is 1. The van der Waals surface area contributed by atoms with Gasteiger partial charge in [0.1, 0.15) is 12.2 Å². The average molecular weight is 406 g/mol. The Kier molecular flexibility index (Phi) is 4.26. The molecule has 1 aromatic carbocycles. The van der Waals surface area contributed by atoms with Crippen molar-refractivity contribution in [3.63, 3.8) is 0 Å². The highest BCUT2D eigenvalue weighted by Crippen LogP contribution is 2.71. The fourth-order valence-corrected chi connectivity index (χ4v) is 5.98. The van der Waals surface area contributed by atoms with Gasteiger partial charge in [0.05, 0.1) is 5.60 Å². The highest BCUT2D eigenvalue weighted by Gasteiger charge is 2.69. The van der Waals surface area contributed by atoms with E-state index in [1.165, 1.54) is 6.33 Å². The van der Waals surface area contributed by atoms with Gasteiger partial charge in [-0.05, 0) is 46.9 Å². The molecular formula is C21H25Cl2N3O. The van der Waals surface area contributed by atoms with Gasteiger partial charge in [-0.2, -0.15) is 5.10 Å². The molecule has 144 valence electrons. The molecule has 5 rings (SSSR count). The van der Waals surface area contributed by atoms with Crippen LogP contribution in [-0.4, -0.2) is 25.9 Å². The highest BCUT2D eigenvalue weighted by atomic mass is 35.5. The van der Waals surface area contributed by atoms with E-state index in [0.29, 0.717) is 34.1 Å². The van der Waals surface area contributed by atoms with E-state index in [-0.39, 0.29) is 10.8 Å². The smallest absolute Gasteiger partial charge is 0.137 e. The van der Waals surface area contributed by atoms with Crippen LogP contribution in [0.3, 0.4) is 0 Å². The van der Waals surface area contributed by atoms with E-state index in [0.717, 1.165) is 17.6 Å². The minimum Gasteiger partial charge on any atom is -0.384 e. The summed E-state index contributed by atoms with van der Waals surface area (Å²) >= 11 is 12.5. The van der Waals surface area contributed by atoms with Crippen molar-refractivity contribution < 1.29 is 5.11 Å². The second-order valence-corrected chi connectivity index (χ2v) is 9.96. The first kappa shape index (κ1) is 19.0. The summed E-state index contributed by atoms with van der Waals surface area (Å²) in [5, 5.41) is 20.1. The summed E-state index contributed by atoms with van der Waals surface area (Å²) in [7, 11) is 0. The van der Waals surface area contributed by atoms with Crippen LogP contribution in [0.1, 0.15) is 45.5 Å². The quantitative estimate of drug-likeness (QED) is 0.739. The van der Waals surface area contributed by atoms with E-state index in [2.05, 4.69) is 49.0 Å². The number of H-pyrrole nitrogens is 1. The Morgan fingerprint density at radius 3 is 2.59 bits per heavy atom. The van der Waals surface area contributed by atoms with Crippen LogP contribution < -0.4 is 0 Å². The molecule has 3 atom stereocenters. The van der Waals surface area contributed by atoms with Gasteiger partial charge in [0, 0.05) is 21.9 Å². The zero-order valence-corrected chi connectivity index (χ0v) is 17.6. The molecule has 0 amide bonds. The van der Waals surface area contributed by atoms with Crippen molar-refractivity contribution in [2.24, 2.45) is 22.7 Å². The number of aromatic nitrogens is 3. The van der Waals surface area contributed by atoms with Gasteiger partial charge < -0.3 is 5.11 Å². The highest BCUT2D eigenvalue weighted by molar-refractivity contribution is 6.35. The number of halogens is 2. The fraction of sp³-hybridized carbons (Fsp3) is 0.524. The second kappa shape index (κ2) is 6.07. The summed E-state index contributed by atoms with van der Waals surface area (Å²) < 4.78 is 0. The third kappa shape index (κ3) is 2.68. The van der Waals surface area contributed by atoms with Crippen LogP contribution in [0.4, 0.5) is 0 Å². The predicted octanol–water partition coefficient (Wildman–Crippen LogP) is 5.17. The third-order valence-electron chi connectivity index (χ3n) is 7.22. The van der Waals surface area contributed by atoms with Gasteiger partial charge in [-0.1, -0.05) is 63.0 Å². The van der Waals surface area contributed by atoms with Crippen molar-refractivity contribution >= 4 is 29.3 Å². The Labute approximate surface area is 170 Å². The Morgan fingerprint density at radius 1 is 1.26 bits per heavy atom. The summed E-state index contributed by atoms with van der Waals surface area (Å²) in [6, 6.07) is 5.49. The second-order valence-electron chi connectivity index (χ2n) is 9.12. The van der Waals surface area contributed by atoms with Gasteiger partial charge in [-0.15, -0.1) is 0 Å². The van der Waals surface area contributed by atoms with E-state index in [1.54, 1.807) is 6.07 Å². The number of benzene rings is 1. The largest absolute Gasteiger partial charge is 0.384 e. The molecule has 1 heterocycles. The molecule has 0 aliphatic heterocycles. The number of nitrogens with zero attached hydrogens (tertiary/aromatic N) is 2. The minimum atomic E-state index is -1.03. The molecule has 3 fully saturated rings. The Hall–Kier alpha value is -1.36. The number of rotatable bonds is 3.